The van der Waals surface area contributed by atoms with Crippen LogP contribution in [0.4, 0.5) is 18.9 Å². The first-order valence-corrected chi connectivity index (χ1v) is 11.7. The van der Waals surface area contributed by atoms with Gasteiger partial charge in [0, 0.05) is 37.4 Å². The Morgan fingerprint density at radius 2 is 1.75 bits per heavy atom. The first kappa shape index (κ1) is 25.7. The van der Waals surface area contributed by atoms with Crippen molar-refractivity contribution >= 4 is 22.5 Å². The average molecular weight is 503 g/mol. The molecule has 0 bridgehead atoms. The van der Waals surface area contributed by atoms with E-state index in [9.17, 15) is 22.8 Å². The Hall–Kier alpha value is -3.40. The van der Waals surface area contributed by atoms with E-state index in [0.717, 1.165) is 6.07 Å². The Kier molecular flexibility index (Phi) is 6.83. The second-order valence-electron chi connectivity index (χ2n) is 9.39. The Morgan fingerprint density at radius 3 is 2.33 bits per heavy atom. The zero-order chi connectivity index (χ0) is 26.4. The summed E-state index contributed by atoms with van der Waals surface area (Å²) in [6.07, 6.45) is -4.74. The minimum atomic E-state index is -4.63. The lowest BCUT2D eigenvalue weighted by atomic mass is 9.98. The molecule has 1 fully saturated rings. The molecular weight excluding hydrogens is 473 g/mol. The molecule has 3 aromatic rings. The molecule has 0 spiro atoms. The summed E-state index contributed by atoms with van der Waals surface area (Å²) >= 11 is 0. The predicted molar refractivity (Wildman–Crippen MR) is 131 cm³/mol. The number of morpholine rings is 1. The SMILES string of the molecule is Cc1nc2cc(C(F)(F)F)c([C@H](C)Nc3ccc(C(=O)N4C[C@@H](C)O[C@@H](C)C4)cc3)cc2c(=O)n1C. The third-order valence-corrected chi connectivity index (χ3v) is 6.46. The van der Waals surface area contributed by atoms with Crippen molar-refractivity contribution in [1.29, 1.82) is 0 Å². The second kappa shape index (κ2) is 9.57. The number of nitrogens with zero attached hydrogens (tertiary/aromatic N) is 3. The average Bonchev–Trinajstić information content (AvgIpc) is 2.81. The number of carbonyl (C=O) groups excluding carboxylic acids is 1. The lowest BCUT2D eigenvalue weighted by molar-refractivity contribution is -0.138. The van der Waals surface area contributed by atoms with E-state index in [2.05, 4.69) is 10.3 Å². The van der Waals surface area contributed by atoms with Crippen molar-refractivity contribution < 1.29 is 22.7 Å². The van der Waals surface area contributed by atoms with Crippen molar-refractivity contribution in [3.8, 4) is 0 Å². The van der Waals surface area contributed by atoms with Crippen LogP contribution < -0.4 is 10.9 Å². The van der Waals surface area contributed by atoms with Crippen molar-refractivity contribution in [3.63, 3.8) is 0 Å². The van der Waals surface area contributed by atoms with Gasteiger partial charge in [-0.15, -0.1) is 0 Å². The van der Waals surface area contributed by atoms with Crippen molar-refractivity contribution in [2.45, 2.75) is 52.1 Å². The number of ether oxygens (including phenoxy) is 1. The zero-order valence-corrected chi connectivity index (χ0v) is 20.8. The highest BCUT2D eigenvalue weighted by Gasteiger charge is 2.35. The number of carbonyl (C=O) groups is 1. The lowest BCUT2D eigenvalue weighted by Gasteiger charge is -2.35. The van der Waals surface area contributed by atoms with Crippen molar-refractivity contribution in [2.24, 2.45) is 7.05 Å². The largest absolute Gasteiger partial charge is 0.416 e. The first-order chi connectivity index (χ1) is 16.8. The molecule has 1 amide bonds. The molecule has 0 aliphatic carbocycles. The number of hydrogen-bond acceptors (Lipinski definition) is 5. The molecule has 1 aliphatic rings. The summed E-state index contributed by atoms with van der Waals surface area (Å²) in [4.78, 5) is 31.5. The van der Waals surface area contributed by atoms with Crippen molar-refractivity contribution in [1.82, 2.24) is 14.5 Å². The van der Waals surface area contributed by atoms with Gasteiger partial charge in [-0.3, -0.25) is 14.2 Å². The molecule has 192 valence electrons. The maximum atomic E-state index is 13.9. The highest BCUT2D eigenvalue weighted by atomic mass is 19.4. The van der Waals surface area contributed by atoms with Crippen LogP contribution in [0, 0.1) is 6.92 Å². The molecule has 0 radical (unpaired) electrons. The van der Waals surface area contributed by atoms with Crippen LogP contribution in [-0.2, 0) is 18.0 Å². The summed E-state index contributed by atoms with van der Waals surface area (Å²) in [6.45, 7) is 7.99. The highest BCUT2D eigenvalue weighted by Crippen LogP contribution is 2.37. The van der Waals surface area contributed by atoms with Crippen LogP contribution in [0.25, 0.3) is 10.9 Å². The van der Waals surface area contributed by atoms with Gasteiger partial charge in [-0.25, -0.2) is 4.98 Å². The normalized spacial score (nSPS) is 19.4. The molecule has 4 rings (SSSR count). The van der Waals surface area contributed by atoms with E-state index < -0.39 is 23.3 Å². The van der Waals surface area contributed by atoms with Crippen LogP contribution in [0.3, 0.4) is 0 Å². The highest BCUT2D eigenvalue weighted by molar-refractivity contribution is 5.94. The van der Waals surface area contributed by atoms with E-state index in [1.54, 1.807) is 43.0 Å². The second-order valence-corrected chi connectivity index (χ2v) is 9.39. The Bertz CT molecular complexity index is 1340. The maximum absolute atomic E-state index is 13.9. The standard InChI is InChI=1S/C26H29F3N4O3/c1-14-12-33(13-15(2)36-14)24(34)18-6-8-19(9-7-18)30-16(3)20-10-21-23(11-22(20)26(27,28)29)31-17(4)32(5)25(21)35/h6-11,14-16,30H,12-13H2,1-5H3/t14-,15+,16-/m0/s1. The molecule has 1 saturated heterocycles. The van der Waals surface area contributed by atoms with E-state index in [1.165, 1.54) is 17.7 Å². The van der Waals surface area contributed by atoms with Gasteiger partial charge in [0.05, 0.1) is 28.7 Å². The third kappa shape index (κ3) is 5.09. The predicted octanol–water partition coefficient (Wildman–Crippen LogP) is 4.68. The molecule has 3 atom stereocenters. The number of hydrogen-bond donors (Lipinski definition) is 1. The van der Waals surface area contributed by atoms with Gasteiger partial charge < -0.3 is 15.0 Å². The summed E-state index contributed by atoms with van der Waals surface area (Å²) < 4.78 is 48.8. The quantitative estimate of drug-likeness (QED) is 0.561. The van der Waals surface area contributed by atoms with E-state index in [4.69, 9.17) is 4.74 Å². The van der Waals surface area contributed by atoms with Crippen LogP contribution in [-0.4, -0.2) is 45.7 Å². The molecule has 7 nitrogen and oxygen atoms in total. The molecule has 1 aliphatic heterocycles. The van der Waals surface area contributed by atoms with E-state index in [0.29, 0.717) is 30.2 Å². The maximum Gasteiger partial charge on any atom is 0.416 e. The van der Waals surface area contributed by atoms with Gasteiger partial charge in [0.1, 0.15) is 5.82 Å². The number of amides is 1. The molecule has 36 heavy (non-hydrogen) atoms. The van der Waals surface area contributed by atoms with E-state index >= 15 is 0 Å². The molecule has 0 saturated carbocycles. The number of alkyl halides is 3. The summed E-state index contributed by atoms with van der Waals surface area (Å²) in [6, 6.07) is 8.04. The monoisotopic (exact) mass is 502 g/mol. The summed E-state index contributed by atoms with van der Waals surface area (Å²) in [5.41, 5.74) is -0.276. The van der Waals surface area contributed by atoms with Crippen LogP contribution in [0.5, 0.6) is 0 Å². The molecule has 0 unspecified atom stereocenters. The molecule has 10 heteroatoms. The number of anilines is 1. The lowest BCUT2D eigenvalue weighted by Crippen LogP contribution is -2.48. The summed E-state index contributed by atoms with van der Waals surface area (Å²) in [7, 11) is 1.53. The Morgan fingerprint density at radius 1 is 1.14 bits per heavy atom. The molecular formula is C26H29F3N4O3. The first-order valence-electron chi connectivity index (χ1n) is 11.7. The summed E-state index contributed by atoms with van der Waals surface area (Å²) in [5, 5.41) is 3.19. The summed E-state index contributed by atoms with van der Waals surface area (Å²) in [5.74, 6) is 0.208. The van der Waals surface area contributed by atoms with Crippen LogP contribution in [0.2, 0.25) is 0 Å². The molecule has 1 aromatic heterocycles. The number of fused-ring (bicyclic) bond motifs is 1. The third-order valence-electron chi connectivity index (χ3n) is 6.46. The topological polar surface area (TPSA) is 76.5 Å². The van der Waals surface area contributed by atoms with Gasteiger partial charge in [-0.1, -0.05) is 0 Å². The van der Waals surface area contributed by atoms with Crippen LogP contribution >= 0.6 is 0 Å². The zero-order valence-electron chi connectivity index (χ0n) is 20.8. The van der Waals surface area contributed by atoms with Gasteiger partial charge in [-0.2, -0.15) is 13.2 Å². The molecule has 2 heterocycles. The number of nitrogens with one attached hydrogen (secondary N) is 1. The van der Waals surface area contributed by atoms with Gasteiger partial charge in [0.25, 0.3) is 11.5 Å². The van der Waals surface area contributed by atoms with E-state index in [-0.39, 0.29) is 34.6 Å². The fourth-order valence-electron chi connectivity index (χ4n) is 4.61. The van der Waals surface area contributed by atoms with Crippen molar-refractivity contribution in [3.05, 3.63) is 69.3 Å². The number of aryl methyl sites for hydroxylation is 1. The van der Waals surface area contributed by atoms with Gasteiger partial charge in [-0.05, 0) is 69.7 Å². The number of benzene rings is 2. The minimum Gasteiger partial charge on any atom is -0.379 e. The Labute approximate surface area is 206 Å². The minimum absolute atomic E-state index is 0.00786. The molecule has 1 N–H and O–H groups in total. The van der Waals surface area contributed by atoms with Gasteiger partial charge in [0.2, 0.25) is 0 Å². The van der Waals surface area contributed by atoms with Crippen molar-refractivity contribution in [2.75, 3.05) is 18.4 Å². The van der Waals surface area contributed by atoms with Gasteiger partial charge in [0.15, 0.2) is 0 Å². The fraction of sp³-hybridized carbons (Fsp3) is 0.423. The number of aromatic nitrogens is 2. The van der Waals surface area contributed by atoms with Gasteiger partial charge >= 0.3 is 6.18 Å². The molecule has 2 aromatic carbocycles. The van der Waals surface area contributed by atoms with Crippen LogP contribution in [0.1, 0.15) is 54.1 Å². The smallest absolute Gasteiger partial charge is 0.379 e. The van der Waals surface area contributed by atoms with E-state index in [1.807, 2.05) is 13.8 Å². The Balaban J connectivity index is 1.61. The number of halogens is 3. The fourth-order valence-corrected chi connectivity index (χ4v) is 4.61. The number of rotatable bonds is 4. The van der Waals surface area contributed by atoms with Crippen LogP contribution in [0.15, 0.2) is 41.2 Å².